The summed E-state index contributed by atoms with van der Waals surface area (Å²) in [5, 5.41) is 8.96. The number of esters is 4. The molecule has 144 valence electrons. The van der Waals surface area contributed by atoms with Gasteiger partial charge >= 0.3 is 23.9 Å². The molecule has 0 heterocycles. The maximum Gasteiger partial charge on any atom is 0.331 e. The average Bonchev–Trinajstić information content (AvgIpc) is 2.59. The Morgan fingerprint density at radius 1 is 0.962 bits per heavy atom. The SMILES string of the molecule is C#CCOC(=O)/C=C/C(=O)OCC(C)OC(=O)CCC(=O)OCC(C)O. The molecule has 0 saturated carbocycles. The largest absolute Gasteiger partial charge is 0.463 e. The van der Waals surface area contributed by atoms with Gasteiger partial charge in [0.25, 0.3) is 0 Å². The molecule has 0 amide bonds. The smallest absolute Gasteiger partial charge is 0.331 e. The number of aliphatic hydroxyl groups is 1. The van der Waals surface area contributed by atoms with E-state index in [-0.39, 0.29) is 32.7 Å². The highest BCUT2D eigenvalue weighted by Crippen LogP contribution is 2.01. The maximum absolute atomic E-state index is 11.5. The maximum atomic E-state index is 11.5. The number of terminal acetylenes is 1. The third-order valence-electron chi connectivity index (χ3n) is 2.46. The molecule has 0 aromatic heterocycles. The highest BCUT2D eigenvalue weighted by molar-refractivity contribution is 5.91. The van der Waals surface area contributed by atoms with Gasteiger partial charge in [-0.15, -0.1) is 6.42 Å². The fourth-order valence-electron chi connectivity index (χ4n) is 1.35. The molecule has 0 aliphatic carbocycles. The summed E-state index contributed by atoms with van der Waals surface area (Å²) in [6.07, 6.45) is 4.67. The van der Waals surface area contributed by atoms with Crippen LogP contribution < -0.4 is 0 Å². The third kappa shape index (κ3) is 13.6. The van der Waals surface area contributed by atoms with Crippen molar-refractivity contribution in [2.24, 2.45) is 0 Å². The quantitative estimate of drug-likeness (QED) is 0.230. The van der Waals surface area contributed by atoms with Crippen LogP contribution in [0.15, 0.2) is 12.2 Å². The molecule has 0 rings (SSSR count). The van der Waals surface area contributed by atoms with Crippen LogP contribution in [0.2, 0.25) is 0 Å². The van der Waals surface area contributed by atoms with Gasteiger partial charge in [-0.05, 0) is 13.8 Å². The van der Waals surface area contributed by atoms with Gasteiger partial charge in [0.2, 0.25) is 0 Å². The summed E-state index contributed by atoms with van der Waals surface area (Å²) in [7, 11) is 0. The van der Waals surface area contributed by atoms with Crippen molar-refractivity contribution >= 4 is 23.9 Å². The van der Waals surface area contributed by atoms with E-state index in [1.165, 1.54) is 13.8 Å². The lowest BCUT2D eigenvalue weighted by molar-refractivity contribution is -0.158. The van der Waals surface area contributed by atoms with Crippen LogP contribution >= 0.6 is 0 Å². The first-order chi connectivity index (χ1) is 12.2. The summed E-state index contributed by atoms with van der Waals surface area (Å²) < 4.78 is 18.9. The minimum absolute atomic E-state index is 0.149. The van der Waals surface area contributed by atoms with Crippen molar-refractivity contribution in [3.8, 4) is 12.3 Å². The molecule has 9 nitrogen and oxygen atoms in total. The summed E-state index contributed by atoms with van der Waals surface area (Å²) in [5.74, 6) is -0.830. The van der Waals surface area contributed by atoms with Crippen LogP contribution in [0.25, 0.3) is 0 Å². The molecule has 26 heavy (non-hydrogen) atoms. The van der Waals surface area contributed by atoms with Crippen LogP contribution in [0, 0.1) is 12.3 Å². The van der Waals surface area contributed by atoms with Gasteiger partial charge in [-0.1, -0.05) is 5.92 Å². The zero-order valence-electron chi connectivity index (χ0n) is 14.6. The molecule has 9 heteroatoms. The van der Waals surface area contributed by atoms with Gasteiger partial charge < -0.3 is 24.1 Å². The predicted molar refractivity (Wildman–Crippen MR) is 87.3 cm³/mol. The third-order valence-corrected chi connectivity index (χ3v) is 2.46. The standard InChI is InChI=1S/C17H22O9/c1-4-9-23-14(19)5-6-16(21)25-11-13(3)26-17(22)8-7-15(20)24-10-12(2)18/h1,5-6,12-13,18H,7-11H2,2-3H3/b6-5+. The molecule has 0 saturated heterocycles. The zero-order valence-corrected chi connectivity index (χ0v) is 14.6. The second-order valence-electron chi connectivity index (χ2n) is 5.11. The molecule has 0 fully saturated rings. The number of carbonyl (C=O) groups excluding carboxylic acids is 4. The Bertz CT molecular complexity index is 557. The monoisotopic (exact) mass is 370 g/mol. The van der Waals surface area contributed by atoms with Crippen LogP contribution in [0.1, 0.15) is 26.7 Å². The van der Waals surface area contributed by atoms with E-state index in [0.29, 0.717) is 0 Å². The lowest BCUT2D eigenvalue weighted by atomic mass is 10.3. The van der Waals surface area contributed by atoms with Crippen molar-refractivity contribution in [2.45, 2.75) is 38.9 Å². The van der Waals surface area contributed by atoms with Crippen molar-refractivity contribution in [3.05, 3.63) is 12.2 Å². The van der Waals surface area contributed by atoms with Crippen molar-refractivity contribution < 1.29 is 43.2 Å². The summed E-state index contributed by atoms with van der Waals surface area (Å²) >= 11 is 0. The topological polar surface area (TPSA) is 125 Å². The van der Waals surface area contributed by atoms with Gasteiger partial charge in [0.05, 0.1) is 18.9 Å². The van der Waals surface area contributed by atoms with Gasteiger partial charge in [-0.2, -0.15) is 0 Å². The fourth-order valence-corrected chi connectivity index (χ4v) is 1.35. The zero-order chi connectivity index (χ0) is 19.9. The molecule has 1 N–H and O–H groups in total. The van der Waals surface area contributed by atoms with E-state index in [9.17, 15) is 19.2 Å². The molecule has 0 aromatic rings. The highest BCUT2D eigenvalue weighted by atomic mass is 16.6. The number of ether oxygens (including phenoxy) is 4. The highest BCUT2D eigenvalue weighted by Gasteiger charge is 2.14. The number of aliphatic hydroxyl groups excluding tert-OH is 1. The lowest BCUT2D eigenvalue weighted by Gasteiger charge is -2.13. The Morgan fingerprint density at radius 2 is 1.54 bits per heavy atom. The van der Waals surface area contributed by atoms with Crippen LogP contribution in [-0.4, -0.2) is 61.0 Å². The number of hydrogen-bond acceptors (Lipinski definition) is 9. The first-order valence-corrected chi connectivity index (χ1v) is 7.72. The molecular formula is C17H22O9. The van der Waals surface area contributed by atoms with Crippen molar-refractivity contribution in [3.63, 3.8) is 0 Å². The first-order valence-electron chi connectivity index (χ1n) is 7.72. The van der Waals surface area contributed by atoms with Crippen molar-refractivity contribution in [1.82, 2.24) is 0 Å². The summed E-state index contributed by atoms with van der Waals surface area (Å²) in [6.45, 7) is 2.35. The first kappa shape index (κ1) is 23.1. The van der Waals surface area contributed by atoms with E-state index in [1.54, 1.807) is 0 Å². The number of carbonyl (C=O) groups is 4. The van der Waals surface area contributed by atoms with E-state index in [2.05, 4.69) is 15.4 Å². The Balaban J connectivity index is 3.98. The summed E-state index contributed by atoms with van der Waals surface area (Å²) in [6, 6.07) is 0. The van der Waals surface area contributed by atoms with Crippen LogP contribution in [-0.2, 0) is 38.1 Å². The number of hydrogen-bond donors (Lipinski definition) is 1. The van der Waals surface area contributed by atoms with Gasteiger partial charge in [-0.25, -0.2) is 9.59 Å². The molecule has 0 aromatic carbocycles. The molecule has 0 radical (unpaired) electrons. The predicted octanol–water partition coefficient (Wildman–Crippen LogP) is -0.102. The van der Waals surface area contributed by atoms with Crippen LogP contribution in [0.5, 0.6) is 0 Å². The summed E-state index contributed by atoms with van der Waals surface area (Å²) in [5.41, 5.74) is 0. The van der Waals surface area contributed by atoms with Gasteiger partial charge in [0.1, 0.15) is 19.3 Å². The van der Waals surface area contributed by atoms with Gasteiger partial charge in [0, 0.05) is 12.2 Å². The molecule has 2 unspecified atom stereocenters. The molecule has 0 aliphatic heterocycles. The molecular weight excluding hydrogens is 348 g/mol. The minimum atomic E-state index is -0.827. The van der Waals surface area contributed by atoms with E-state index in [0.717, 1.165) is 12.2 Å². The van der Waals surface area contributed by atoms with Gasteiger partial charge in [-0.3, -0.25) is 9.59 Å². The lowest BCUT2D eigenvalue weighted by Crippen LogP contribution is -2.23. The van der Waals surface area contributed by atoms with E-state index in [4.69, 9.17) is 21.0 Å². The van der Waals surface area contributed by atoms with E-state index < -0.39 is 36.1 Å². The minimum Gasteiger partial charge on any atom is -0.463 e. The Morgan fingerprint density at radius 3 is 2.12 bits per heavy atom. The number of rotatable bonds is 11. The Labute approximate surface area is 151 Å². The van der Waals surface area contributed by atoms with Crippen LogP contribution in [0.3, 0.4) is 0 Å². The van der Waals surface area contributed by atoms with Crippen molar-refractivity contribution in [1.29, 1.82) is 0 Å². The second-order valence-corrected chi connectivity index (χ2v) is 5.11. The second kappa shape index (κ2) is 13.4. The van der Waals surface area contributed by atoms with Crippen LogP contribution in [0.4, 0.5) is 0 Å². The molecule has 2 atom stereocenters. The molecule has 0 aliphatic rings. The normalized spacial score (nSPS) is 12.5. The Hall–Kier alpha value is -2.86. The van der Waals surface area contributed by atoms with E-state index >= 15 is 0 Å². The Kier molecular flexibility index (Phi) is 12.0. The average molecular weight is 370 g/mol. The van der Waals surface area contributed by atoms with E-state index in [1.807, 2.05) is 0 Å². The van der Waals surface area contributed by atoms with Crippen molar-refractivity contribution in [2.75, 3.05) is 19.8 Å². The van der Waals surface area contributed by atoms with Gasteiger partial charge in [0.15, 0.2) is 6.61 Å². The summed E-state index contributed by atoms with van der Waals surface area (Å²) in [4.78, 5) is 45.3. The molecule has 0 spiro atoms. The molecule has 0 bridgehead atoms. The fraction of sp³-hybridized carbons (Fsp3) is 0.529.